The summed E-state index contributed by atoms with van der Waals surface area (Å²) in [6.45, 7) is 5.25. The van der Waals surface area contributed by atoms with Crippen LogP contribution < -0.4 is 0 Å². The van der Waals surface area contributed by atoms with Crippen molar-refractivity contribution in [3.63, 3.8) is 0 Å². The van der Waals surface area contributed by atoms with E-state index in [-0.39, 0.29) is 23.9 Å². The lowest BCUT2D eigenvalue weighted by molar-refractivity contribution is -0.121. The number of rotatable bonds is 1. The van der Waals surface area contributed by atoms with Gasteiger partial charge in [-0.05, 0) is 6.08 Å². The van der Waals surface area contributed by atoms with Gasteiger partial charge >= 0.3 is 0 Å². The van der Waals surface area contributed by atoms with Crippen molar-refractivity contribution in [2.75, 3.05) is 6.61 Å². The van der Waals surface area contributed by atoms with E-state index in [1.165, 1.54) is 6.08 Å². The maximum absolute atomic E-state index is 13.0. The number of carbonyl (C=O) groups is 3. The van der Waals surface area contributed by atoms with Gasteiger partial charge in [-0.15, -0.1) is 0 Å². The van der Waals surface area contributed by atoms with Gasteiger partial charge < -0.3 is 5.11 Å². The first kappa shape index (κ1) is 14.9. The van der Waals surface area contributed by atoms with Gasteiger partial charge in [0, 0.05) is 34.0 Å². The van der Waals surface area contributed by atoms with Crippen LogP contribution in [0.5, 0.6) is 0 Å². The Bertz CT molecular complexity index is 728. The lowest BCUT2D eigenvalue weighted by Gasteiger charge is -2.36. The third-order valence-corrected chi connectivity index (χ3v) is 4.68. The lowest BCUT2D eigenvalue weighted by atomic mass is 9.64. The van der Waals surface area contributed by atoms with Gasteiger partial charge in [0.15, 0.2) is 17.3 Å². The van der Waals surface area contributed by atoms with E-state index in [2.05, 4.69) is 0 Å². The monoisotopic (exact) mass is 298 g/mol. The minimum absolute atomic E-state index is 0.0165. The highest BCUT2D eigenvalue weighted by Crippen LogP contribution is 2.45. The van der Waals surface area contributed by atoms with Crippen molar-refractivity contribution < 1.29 is 19.5 Å². The van der Waals surface area contributed by atoms with Crippen molar-refractivity contribution in [3.05, 3.63) is 46.6 Å². The Kier molecular flexibility index (Phi) is 3.18. The van der Waals surface area contributed by atoms with Crippen LogP contribution in [0.1, 0.15) is 20.8 Å². The second kappa shape index (κ2) is 4.71. The van der Waals surface area contributed by atoms with Crippen LogP contribution in [-0.2, 0) is 14.4 Å². The number of carbonyl (C=O) groups excluding carboxylic acids is 3. The largest absolute Gasteiger partial charge is 0.395 e. The van der Waals surface area contributed by atoms with Crippen LogP contribution in [0.15, 0.2) is 46.6 Å². The first-order valence-corrected chi connectivity index (χ1v) is 7.40. The fourth-order valence-corrected chi connectivity index (χ4v) is 3.51. The predicted octanol–water partition coefficient (Wildman–Crippen LogP) is 1.71. The zero-order valence-corrected chi connectivity index (χ0v) is 12.8. The molecule has 3 rings (SSSR count). The lowest BCUT2D eigenvalue weighted by Crippen LogP contribution is -2.40. The molecule has 2 unspecified atom stereocenters. The maximum Gasteiger partial charge on any atom is 0.194 e. The van der Waals surface area contributed by atoms with Gasteiger partial charge in [-0.1, -0.05) is 39.0 Å². The predicted molar refractivity (Wildman–Crippen MR) is 80.9 cm³/mol. The molecular formula is C18H18O4. The van der Waals surface area contributed by atoms with Crippen molar-refractivity contribution in [1.82, 2.24) is 0 Å². The molecule has 0 saturated carbocycles. The highest BCUT2D eigenvalue weighted by molar-refractivity contribution is 6.38. The van der Waals surface area contributed by atoms with E-state index in [0.29, 0.717) is 16.7 Å². The Morgan fingerprint density at radius 3 is 2.41 bits per heavy atom. The van der Waals surface area contributed by atoms with E-state index in [0.717, 1.165) is 0 Å². The maximum atomic E-state index is 13.0. The molecule has 0 spiro atoms. The smallest absolute Gasteiger partial charge is 0.194 e. The van der Waals surface area contributed by atoms with Crippen LogP contribution in [0.4, 0.5) is 0 Å². The average Bonchev–Trinajstić information content (AvgIpc) is 2.46. The van der Waals surface area contributed by atoms with Gasteiger partial charge in [-0.25, -0.2) is 0 Å². The molecule has 0 saturated heterocycles. The van der Waals surface area contributed by atoms with Gasteiger partial charge in [0.1, 0.15) is 0 Å². The number of hydrogen-bond acceptors (Lipinski definition) is 4. The number of aliphatic hydroxyl groups is 1. The van der Waals surface area contributed by atoms with Crippen molar-refractivity contribution in [1.29, 1.82) is 0 Å². The van der Waals surface area contributed by atoms with Crippen LogP contribution >= 0.6 is 0 Å². The standard InChI is InChI=1S/C18H18O4/c1-9-4-5-10(8-19)13-12(9)17(22)15-14(16(13)21)11(20)6-7-18(15,2)3/h4-7,9-10,19H,8H2,1-3H3. The summed E-state index contributed by atoms with van der Waals surface area (Å²) in [6.07, 6.45) is 6.63. The molecule has 2 atom stereocenters. The molecule has 0 aromatic carbocycles. The van der Waals surface area contributed by atoms with Gasteiger partial charge in [0.25, 0.3) is 0 Å². The van der Waals surface area contributed by atoms with Crippen LogP contribution in [0.2, 0.25) is 0 Å². The Balaban J connectivity index is 2.25. The van der Waals surface area contributed by atoms with Crippen LogP contribution in [0.3, 0.4) is 0 Å². The van der Waals surface area contributed by atoms with Crippen molar-refractivity contribution in [2.24, 2.45) is 17.3 Å². The quantitative estimate of drug-likeness (QED) is 0.454. The fourth-order valence-electron chi connectivity index (χ4n) is 3.51. The fraction of sp³-hybridized carbons (Fsp3) is 0.389. The van der Waals surface area contributed by atoms with Crippen LogP contribution in [0.25, 0.3) is 0 Å². The second-order valence-corrected chi connectivity index (χ2v) is 6.62. The van der Waals surface area contributed by atoms with Crippen molar-refractivity contribution in [3.8, 4) is 0 Å². The Morgan fingerprint density at radius 1 is 1.09 bits per heavy atom. The number of allylic oxidation sites excluding steroid dienone is 6. The Labute approximate surface area is 128 Å². The SMILES string of the molecule is CC1C=CC(CO)C2=C1C(=O)C1=C(C(=O)C=CC1(C)C)C2=O. The number of hydrogen-bond donors (Lipinski definition) is 1. The van der Waals surface area contributed by atoms with E-state index in [4.69, 9.17) is 0 Å². The molecule has 0 heterocycles. The topological polar surface area (TPSA) is 71.4 Å². The van der Waals surface area contributed by atoms with Crippen LogP contribution in [0, 0.1) is 17.3 Å². The van der Waals surface area contributed by atoms with Crippen molar-refractivity contribution >= 4 is 17.3 Å². The summed E-state index contributed by atoms with van der Waals surface area (Å²) < 4.78 is 0. The van der Waals surface area contributed by atoms with Crippen molar-refractivity contribution in [2.45, 2.75) is 20.8 Å². The molecule has 0 aromatic heterocycles. The Hall–Kier alpha value is -2.07. The zero-order chi connectivity index (χ0) is 16.2. The minimum atomic E-state index is -0.649. The summed E-state index contributed by atoms with van der Waals surface area (Å²) in [7, 11) is 0. The molecule has 22 heavy (non-hydrogen) atoms. The molecule has 3 aliphatic rings. The molecule has 0 aromatic rings. The molecule has 1 N–H and O–H groups in total. The number of Topliss-reactive ketones (excluding diaryl/α,β-unsaturated/α-hetero) is 2. The third-order valence-electron chi connectivity index (χ3n) is 4.68. The van der Waals surface area contributed by atoms with E-state index >= 15 is 0 Å². The van der Waals surface area contributed by atoms with Crippen LogP contribution in [-0.4, -0.2) is 29.1 Å². The van der Waals surface area contributed by atoms with E-state index in [1.807, 2.05) is 26.8 Å². The molecule has 3 aliphatic carbocycles. The summed E-state index contributed by atoms with van der Waals surface area (Å²) in [5.74, 6) is -1.76. The minimum Gasteiger partial charge on any atom is -0.395 e. The molecule has 0 fully saturated rings. The van der Waals surface area contributed by atoms with Gasteiger partial charge in [-0.2, -0.15) is 0 Å². The number of ketones is 3. The highest BCUT2D eigenvalue weighted by atomic mass is 16.3. The first-order valence-electron chi connectivity index (χ1n) is 7.40. The van der Waals surface area contributed by atoms with Gasteiger partial charge in [0.2, 0.25) is 0 Å². The summed E-state index contributed by atoms with van der Waals surface area (Å²) in [4.78, 5) is 38.1. The number of aliphatic hydroxyl groups excluding tert-OH is 1. The summed E-state index contributed by atoms with van der Waals surface area (Å²) in [5.41, 5.74) is 0.353. The molecule has 114 valence electrons. The van der Waals surface area contributed by atoms with Gasteiger partial charge in [0.05, 0.1) is 12.2 Å². The van der Waals surface area contributed by atoms with E-state index in [1.54, 1.807) is 12.2 Å². The second-order valence-electron chi connectivity index (χ2n) is 6.62. The molecule has 0 radical (unpaired) electrons. The Morgan fingerprint density at radius 2 is 1.77 bits per heavy atom. The molecule has 0 aliphatic heterocycles. The average molecular weight is 298 g/mol. The third kappa shape index (κ3) is 1.83. The zero-order valence-electron chi connectivity index (χ0n) is 12.8. The van der Waals surface area contributed by atoms with E-state index < -0.39 is 22.9 Å². The molecule has 0 bridgehead atoms. The van der Waals surface area contributed by atoms with Gasteiger partial charge in [-0.3, -0.25) is 14.4 Å². The van der Waals surface area contributed by atoms with E-state index in [9.17, 15) is 19.5 Å². The molecule has 4 nitrogen and oxygen atoms in total. The molecule has 4 heteroatoms. The molecule has 0 amide bonds. The summed E-state index contributed by atoms with van der Waals surface area (Å²) in [6, 6.07) is 0. The highest BCUT2D eigenvalue weighted by Gasteiger charge is 2.46. The summed E-state index contributed by atoms with van der Waals surface area (Å²) >= 11 is 0. The summed E-state index contributed by atoms with van der Waals surface area (Å²) in [5, 5.41) is 9.52. The normalized spacial score (nSPS) is 29.9. The molecular weight excluding hydrogens is 280 g/mol. The first-order chi connectivity index (χ1) is 10.3.